The number of nitrogens with zero attached hydrogens (tertiary/aromatic N) is 1. The van der Waals surface area contributed by atoms with E-state index in [-0.39, 0.29) is 22.4 Å². The molecule has 8 heteroatoms. The van der Waals surface area contributed by atoms with Crippen LogP contribution in [0.4, 0.5) is 10.1 Å². The fraction of sp³-hybridized carbons (Fsp3) is 0.0952. The molecular formula is C21H14Cl2FNO4. The molecule has 0 radical (unpaired) electrons. The lowest BCUT2D eigenvalue weighted by Gasteiger charge is -2.23. The first-order chi connectivity index (χ1) is 13.7. The summed E-state index contributed by atoms with van der Waals surface area (Å²) < 4.78 is 13.4. The Balaban J connectivity index is 1.96. The number of fused-ring (bicyclic) bond motifs is 1. The van der Waals surface area contributed by atoms with Crippen molar-refractivity contribution in [1.29, 1.82) is 0 Å². The Bertz CT molecular complexity index is 1130. The fourth-order valence-electron chi connectivity index (χ4n) is 2.83. The molecule has 0 aromatic heterocycles. The molecule has 0 saturated heterocycles. The first-order valence-corrected chi connectivity index (χ1v) is 9.20. The summed E-state index contributed by atoms with van der Waals surface area (Å²) in [6.07, 6.45) is -0.797. The van der Waals surface area contributed by atoms with Gasteiger partial charge in [0.2, 0.25) is 11.7 Å². The number of carbonyl (C=O) groups excluding carboxylic acids is 2. The smallest absolute Gasteiger partial charge is 0.372 e. The molecule has 0 aliphatic heterocycles. The lowest BCUT2D eigenvalue weighted by atomic mass is 10.1. The second-order valence-corrected chi connectivity index (χ2v) is 7.12. The summed E-state index contributed by atoms with van der Waals surface area (Å²) in [7, 11) is 0. The highest BCUT2D eigenvalue weighted by molar-refractivity contribution is 6.42. The standard InChI is InChI=1S/C21H14Cl2FNO4/c22-17-6-5-16(9-18(17)23)25(20(27)10-19(26)21(28)29)11-12-1-2-14-8-15(24)4-3-13(14)7-12/h1-9H,10-11H2,(H,28,29). The monoisotopic (exact) mass is 433 g/mol. The van der Waals surface area contributed by atoms with E-state index in [0.717, 1.165) is 5.39 Å². The molecule has 0 heterocycles. The minimum atomic E-state index is -1.68. The van der Waals surface area contributed by atoms with Crippen molar-refractivity contribution in [3.05, 3.63) is 76.0 Å². The Labute approximate surface area is 175 Å². The van der Waals surface area contributed by atoms with Crippen LogP contribution in [0.25, 0.3) is 10.8 Å². The van der Waals surface area contributed by atoms with Crippen LogP contribution in [0.1, 0.15) is 12.0 Å². The van der Waals surface area contributed by atoms with Crippen molar-refractivity contribution in [2.45, 2.75) is 13.0 Å². The first kappa shape index (κ1) is 20.8. The Morgan fingerprint density at radius 1 is 0.897 bits per heavy atom. The highest BCUT2D eigenvalue weighted by atomic mass is 35.5. The maximum atomic E-state index is 13.4. The van der Waals surface area contributed by atoms with Gasteiger partial charge in [0.15, 0.2) is 0 Å². The van der Waals surface area contributed by atoms with Crippen molar-refractivity contribution < 1.29 is 23.9 Å². The maximum Gasteiger partial charge on any atom is 0.372 e. The van der Waals surface area contributed by atoms with Gasteiger partial charge >= 0.3 is 5.97 Å². The molecule has 0 aliphatic rings. The van der Waals surface area contributed by atoms with Crippen LogP contribution in [0.15, 0.2) is 54.6 Å². The predicted molar refractivity (Wildman–Crippen MR) is 109 cm³/mol. The van der Waals surface area contributed by atoms with Gasteiger partial charge in [-0.15, -0.1) is 0 Å². The molecule has 0 saturated carbocycles. The molecule has 0 spiro atoms. The van der Waals surface area contributed by atoms with Crippen LogP contribution >= 0.6 is 23.2 Å². The first-order valence-electron chi connectivity index (χ1n) is 8.44. The number of rotatable bonds is 6. The van der Waals surface area contributed by atoms with E-state index in [1.807, 2.05) is 0 Å². The summed E-state index contributed by atoms with van der Waals surface area (Å²) >= 11 is 12.0. The van der Waals surface area contributed by atoms with Crippen molar-refractivity contribution in [1.82, 2.24) is 0 Å². The predicted octanol–water partition coefficient (Wildman–Crippen LogP) is 4.86. The molecule has 5 nitrogen and oxygen atoms in total. The van der Waals surface area contributed by atoms with Gasteiger partial charge in [-0.25, -0.2) is 9.18 Å². The van der Waals surface area contributed by atoms with Gasteiger partial charge in [-0.05, 0) is 52.7 Å². The molecule has 1 amide bonds. The Morgan fingerprint density at radius 2 is 1.59 bits per heavy atom. The lowest BCUT2D eigenvalue weighted by molar-refractivity contribution is -0.150. The normalized spacial score (nSPS) is 10.7. The Morgan fingerprint density at radius 3 is 2.28 bits per heavy atom. The van der Waals surface area contributed by atoms with Gasteiger partial charge in [-0.1, -0.05) is 41.4 Å². The van der Waals surface area contributed by atoms with Crippen molar-refractivity contribution in [3.63, 3.8) is 0 Å². The van der Waals surface area contributed by atoms with Gasteiger partial charge in [0.1, 0.15) is 5.82 Å². The Hall–Kier alpha value is -2.96. The van der Waals surface area contributed by atoms with Crippen LogP contribution in [0.3, 0.4) is 0 Å². The Kier molecular flexibility index (Phi) is 6.15. The molecular weight excluding hydrogens is 420 g/mol. The zero-order chi connectivity index (χ0) is 21.1. The molecule has 0 aliphatic carbocycles. The van der Waals surface area contributed by atoms with Crippen LogP contribution in [-0.2, 0) is 20.9 Å². The minimum Gasteiger partial charge on any atom is -0.475 e. The van der Waals surface area contributed by atoms with E-state index in [2.05, 4.69) is 0 Å². The number of benzene rings is 3. The molecule has 29 heavy (non-hydrogen) atoms. The number of amides is 1. The fourth-order valence-corrected chi connectivity index (χ4v) is 3.12. The third kappa shape index (κ3) is 4.91. The number of carboxylic acid groups (broad SMARTS) is 1. The van der Waals surface area contributed by atoms with Crippen LogP contribution in [-0.4, -0.2) is 22.8 Å². The van der Waals surface area contributed by atoms with Gasteiger partial charge in [0.25, 0.3) is 0 Å². The summed E-state index contributed by atoms with van der Waals surface area (Å²) in [6.45, 7) is 0.0526. The topological polar surface area (TPSA) is 74.7 Å². The molecule has 3 aromatic carbocycles. The molecule has 1 N–H and O–H groups in total. The van der Waals surface area contributed by atoms with Gasteiger partial charge < -0.3 is 10.0 Å². The largest absolute Gasteiger partial charge is 0.475 e. The van der Waals surface area contributed by atoms with Crippen molar-refractivity contribution in [2.24, 2.45) is 0 Å². The van der Waals surface area contributed by atoms with Gasteiger partial charge in [0.05, 0.1) is 23.0 Å². The maximum absolute atomic E-state index is 13.4. The van der Waals surface area contributed by atoms with E-state index in [1.165, 1.54) is 29.2 Å². The van der Waals surface area contributed by atoms with E-state index in [9.17, 15) is 18.8 Å². The van der Waals surface area contributed by atoms with Crippen LogP contribution in [0.5, 0.6) is 0 Å². The van der Waals surface area contributed by atoms with Crippen LogP contribution < -0.4 is 4.90 Å². The summed E-state index contributed by atoms with van der Waals surface area (Å²) in [5, 5.41) is 10.8. The number of hydrogen-bond donors (Lipinski definition) is 1. The molecule has 3 rings (SSSR count). The second-order valence-electron chi connectivity index (χ2n) is 6.31. The lowest BCUT2D eigenvalue weighted by Crippen LogP contribution is -2.33. The summed E-state index contributed by atoms with van der Waals surface area (Å²) in [6, 6.07) is 14.1. The number of aliphatic carboxylic acids is 1. The van der Waals surface area contributed by atoms with Crippen LogP contribution in [0, 0.1) is 5.82 Å². The van der Waals surface area contributed by atoms with E-state index in [0.29, 0.717) is 16.6 Å². The quantitative estimate of drug-likeness (QED) is 0.444. The number of anilines is 1. The molecule has 3 aromatic rings. The number of Topliss-reactive ketones (excluding diaryl/α,β-unsaturated/α-hetero) is 1. The number of carbonyl (C=O) groups is 3. The van der Waals surface area contributed by atoms with Crippen molar-refractivity contribution >= 4 is 57.3 Å². The molecule has 0 unspecified atom stereocenters. The summed E-state index contributed by atoms with van der Waals surface area (Å²) in [5.74, 6) is -3.95. The van der Waals surface area contributed by atoms with E-state index < -0.39 is 24.1 Å². The number of ketones is 1. The van der Waals surface area contributed by atoms with Gasteiger partial charge in [-0.2, -0.15) is 0 Å². The third-order valence-corrected chi connectivity index (χ3v) is 5.01. The highest BCUT2D eigenvalue weighted by Gasteiger charge is 2.23. The van der Waals surface area contributed by atoms with E-state index in [1.54, 1.807) is 30.3 Å². The average molecular weight is 434 g/mol. The SMILES string of the molecule is O=C(O)C(=O)CC(=O)N(Cc1ccc2cc(F)ccc2c1)c1ccc(Cl)c(Cl)c1. The summed E-state index contributed by atoms with van der Waals surface area (Å²) in [5.41, 5.74) is 1.06. The molecule has 0 fully saturated rings. The van der Waals surface area contributed by atoms with E-state index >= 15 is 0 Å². The average Bonchev–Trinajstić information content (AvgIpc) is 2.68. The molecule has 148 valence electrons. The molecule has 0 bridgehead atoms. The van der Waals surface area contributed by atoms with E-state index in [4.69, 9.17) is 28.3 Å². The minimum absolute atomic E-state index is 0.0526. The van der Waals surface area contributed by atoms with Crippen molar-refractivity contribution in [3.8, 4) is 0 Å². The number of halogens is 3. The zero-order valence-electron chi connectivity index (χ0n) is 14.9. The van der Waals surface area contributed by atoms with Gasteiger partial charge in [-0.3, -0.25) is 9.59 Å². The van der Waals surface area contributed by atoms with Crippen LogP contribution in [0.2, 0.25) is 10.0 Å². The highest BCUT2D eigenvalue weighted by Crippen LogP contribution is 2.29. The summed E-state index contributed by atoms with van der Waals surface area (Å²) in [4.78, 5) is 36.3. The van der Waals surface area contributed by atoms with Crippen molar-refractivity contribution in [2.75, 3.05) is 4.90 Å². The molecule has 0 atom stereocenters. The zero-order valence-corrected chi connectivity index (χ0v) is 16.4. The number of carboxylic acids is 1. The number of hydrogen-bond acceptors (Lipinski definition) is 3. The van der Waals surface area contributed by atoms with Gasteiger partial charge in [0, 0.05) is 5.69 Å². The third-order valence-electron chi connectivity index (χ3n) is 4.27. The second kappa shape index (κ2) is 8.59.